The predicted octanol–water partition coefficient (Wildman–Crippen LogP) is 2.16. The molecule has 0 aliphatic carbocycles. The fourth-order valence-corrected chi connectivity index (χ4v) is 2.54. The van der Waals surface area contributed by atoms with Crippen molar-refractivity contribution in [1.29, 1.82) is 0 Å². The number of aromatic amines is 1. The van der Waals surface area contributed by atoms with E-state index in [1.807, 2.05) is 23.7 Å². The van der Waals surface area contributed by atoms with Crippen LogP contribution in [-0.4, -0.2) is 24.7 Å². The summed E-state index contributed by atoms with van der Waals surface area (Å²) in [6.45, 7) is 6.06. The van der Waals surface area contributed by atoms with Crippen molar-refractivity contribution in [3.8, 4) is 5.69 Å². The van der Waals surface area contributed by atoms with E-state index in [-0.39, 0.29) is 6.04 Å². The summed E-state index contributed by atoms with van der Waals surface area (Å²) in [5.74, 6) is 1.48. The quantitative estimate of drug-likeness (QED) is 0.772. The van der Waals surface area contributed by atoms with Crippen LogP contribution in [0.1, 0.15) is 34.5 Å². The summed E-state index contributed by atoms with van der Waals surface area (Å²) in [5, 5.41) is 4.53. The zero-order valence-electron chi connectivity index (χ0n) is 13.0. The molecule has 0 fully saturated rings. The number of nitrogens with zero attached hydrogens (tertiary/aromatic N) is 4. The van der Waals surface area contributed by atoms with Crippen LogP contribution in [0.2, 0.25) is 0 Å². The van der Waals surface area contributed by atoms with Gasteiger partial charge < -0.3 is 10.7 Å². The van der Waals surface area contributed by atoms with Gasteiger partial charge in [-0.1, -0.05) is 12.1 Å². The predicted molar refractivity (Wildman–Crippen MR) is 84.8 cm³/mol. The van der Waals surface area contributed by atoms with Gasteiger partial charge in [0, 0.05) is 18.3 Å². The number of nitrogens with two attached hydrogens (primary N) is 1. The maximum Gasteiger partial charge on any atom is 0.149 e. The SMILES string of the molecule is Cc1nc([C@@H](N)Cc2cnc[nH]2)n(-c2cccc(C)c2C)n1. The minimum Gasteiger partial charge on any atom is -0.348 e. The van der Waals surface area contributed by atoms with E-state index >= 15 is 0 Å². The fraction of sp³-hybridized carbons (Fsp3) is 0.312. The summed E-state index contributed by atoms with van der Waals surface area (Å²) in [5.41, 5.74) is 10.8. The molecule has 0 spiro atoms. The molecule has 6 nitrogen and oxygen atoms in total. The maximum absolute atomic E-state index is 6.35. The van der Waals surface area contributed by atoms with Gasteiger partial charge in [0.2, 0.25) is 0 Å². The summed E-state index contributed by atoms with van der Waals surface area (Å²) in [4.78, 5) is 11.6. The first-order chi connectivity index (χ1) is 10.6. The van der Waals surface area contributed by atoms with Crippen molar-refractivity contribution in [2.24, 2.45) is 5.73 Å². The van der Waals surface area contributed by atoms with Gasteiger partial charge in [0.1, 0.15) is 11.6 Å². The van der Waals surface area contributed by atoms with Gasteiger partial charge in [-0.25, -0.2) is 14.6 Å². The Morgan fingerprint density at radius 2 is 2.09 bits per heavy atom. The van der Waals surface area contributed by atoms with E-state index in [0.717, 1.165) is 23.0 Å². The minimum absolute atomic E-state index is 0.249. The Hall–Kier alpha value is -2.47. The van der Waals surface area contributed by atoms with Gasteiger partial charge in [0.05, 0.1) is 18.1 Å². The average Bonchev–Trinajstić information content (AvgIpc) is 3.11. The summed E-state index contributed by atoms with van der Waals surface area (Å²) >= 11 is 0. The molecule has 2 aromatic heterocycles. The molecule has 1 atom stereocenters. The Morgan fingerprint density at radius 3 is 2.82 bits per heavy atom. The van der Waals surface area contributed by atoms with Crippen molar-refractivity contribution in [3.63, 3.8) is 0 Å². The third-order valence-electron chi connectivity index (χ3n) is 3.87. The zero-order valence-corrected chi connectivity index (χ0v) is 13.0. The number of imidazole rings is 1. The summed E-state index contributed by atoms with van der Waals surface area (Å²) in [6, 6.07) is 5.91. The molecule has 0 bridgehead atoms. The van der Waals surface area contributed by atoms with E-state index in [1.54, 1.807) is 12.5 Å². The van der Waals surface area contributed by atoms with Crippen molar-refractivity contribution < 1.29 is 0 Å². The van der Waals surface area contributed by atoms with Crippen LogP contribution < -0.4 is 5.73 Å². The third-order valence-corrected chi connectivity index (χ3v) is 3.87. The average molecular weight is 296 g/mol. The van der Waals surface area contributed by atoms with E-state index in [2.05, 4.69) is 40.0 Å². The molecule has 0 amide bonds. The summed E-state index contributed by atoms with van der Waals surface area (Å²) in [7, 11) is 0. The molecule has 0 radical (unpaired) electrons. The Balaban J connectivity index is 2.01. The van der Waals surface area contributed by atoms with E-state index in [9.17, 15) is 0 Å². The van der Waals surface area contributed by atoms with Gasteiger partial charge in [-0.2, -0.15) is 5.10 Å². The molecule has 3 N–H and O–H groups in total. The van der Waals surface area contributed by atoms with Crippen LogP contribution in [0, 0.1) is 20.8 Å². The molecule has 0 unspecified atom stereocenters. The van der Waals surface area contributed by atoms with Crippen LogP contribution in [0.25, 0.3) is 5.69 Å². The summed E-state index contributed by atoms with van der Waals surface area (Å²) < 4.78 is 1.86. The van der Waals surface area contributed by atoms with Crippen LogP contribution >= 0.6 is 0 Å². The van der Waals surface area contributed by atoms with Crippen LogP contribution in [0.3, 0.4) is 0 Å². The van der Waals surface area contributed by atoms with Crippen molar-refractivity contribution in [2.75, 3.05) is 0 Å². The van der Waals surface area contributed by atoms with Gasteiger partial charge in [0.15, 0.2) is 0 Å². The van der Waals surface area contributed by atoms with Gasteiger partial charge in [-0.15, -0.1) is 0 Å². The van der Waals surface area contributed by atoms with E-state index in [1.165, 1.54) is 11.1 Å². The second-order valence-electron chi connectivity index (χ2n) is 5.54. The van der Waals surface area contributed by atoms with Crippen LogP contribution in [0.5, 0.6) is 0 Å². The number of rotatable bonds is 4. The van der Waals surface area contributed by atoms with Gasteiger partial charge in [0.25, 0.3) is 0 Å². The molecule has 0 saturated carbocycles. The molecular formula is C16H20N6. The number of aryl methyl sites for hydroxylation is 2. The monoisotopic (exact) mass is 296 g/mol. The van der Waals surface area contributed by atoms with Crippen LogP contribution in [-0.2, 0) is 6.42 Å². The molecule has 0 aliphatic heterocycles. The minimum atomic E-state index is -0.249. The number of nitrogens with one attached hydrogen (secondary N) is 1. The zero-order chi connectivity index (χ0) is 15.7. The van der Waals surface area contributed by atoms with E-state index < -0.39 is 0 Å². The maximum atomic E-state index is 6.35. The lowest BCUT2D eigenvalue weighted by atomic mass is 10.1. The first-order valence-corrected chi connectivity index (χ1v) is 7.29. The van der Waals surface area contributed by atoms with Gasteiger partial charge in [-0.3, -0.25) is 0 Å². The lowest BCUT2D eigenvalue weighted by Gasteiger charge is -2.14. The van der Waals surface area contributed by atoms with Crippen LogP contribution in [0.15, 0.2) is 30.7 Å². The van der Waals surface area contributed by atoms with E-state index in [4.69, 9.17) is 5.73 Å². The molecule has 114 valence electrons. The Morgan fingerprint density at radius 1 is 1.27 bits per heavy atom. The number of H-pyrrole nitrogens is 1. The number of hydrogen-bond acceptors (Lipinski definition) is 4. The topological polar surface area (TPSA) is 85.4 Å². The van der Waals surface area contributed by atoms with Crippen molar-refractivity contribution in [2.45, 2.75) is 33.2 Å². The lowest BCUT2D eigenvalue weighted by Crippen LogP contribution is -2.19. The highest BCUT2D eigenvalue weighted by molar-refractivity contribution is 5.44. The largest absolute Gasteiger partial charge is 0.348 e. The van der Waals surface area contributed by atoms with Crippen molar-refractivity contribution in [3.05, 3.63) is 59.2 Å². The highest BCUT2D eigenvalue weighted by atomic mass is 15.4. The fourth-order valence-electron chi connectivity index (χ4n) is 2.54. The Labute approximate surface area is 129 Å². The molecule has 22 heavy (non-hydrogen) atoms. The number of benzene rings is 1. The van der Waals surface area contributed by atoms with E-state index in [0.29, 0.717) is 6.42 Å². The molecule has 2 heterocycles. The smallest absolute Gasteiger partial charge is 0.149 e. The highest BCUT2D eigenvalue weighted by Crippen LogP contribution is 2.22. The first kappa shape index (κ1) is 14.5. The highest BCUT2D eigenvalue weighted by Gasteiger charge is 2.19. The van der Waals surface area contributed by atoms with Crippen molar-refractivity contribution >= 4 is 0 Å². The molecule has 0 aliphatic rings. The molecule has 1 aromatic carbocycles. The Bertz CT molecular complexity index is 772. The standard InChI is InChI=1S/C16H20N6/c1-10-5-4-6-15(11(10)2)22-16(20-12(3)21-22)14(17)7-13-8-18-9-19-13/h4-6,8-9,14H,7,17H2,1-3H3,(H,18,19)/t14-/m0/s1. The Kier molecular flexibility index (Phi) is 3.77. The molecule has 0 saturated heterocycles. The third kappa shape index (κ3) is 2.65. The normalized spacial score (nSPS) is 12.5. The molecule has 6 heteroatoms. The molecular weight excluding hydrogens is 276 g/mol. The number of aromatic nitrogens is 5. The number of hydrogen-bond donors (Lipinski definition) is 2. The second kappa shape index (κ2) is 5.73. The first-order valence-electron chi connectivity index (χ1n) is 7.29. The molecule has 3 aromatic rings. The lowest BCUT2D eigenvalue weighted by molar-refractivity contribution is 0.628. The second-order valence-corrected chi connectivity index (χ2v) is 5.54. The molecule has 3 rings (SSSR count). The van der Waals surface area contributed by atoms with Crippen molar-refractivity contribution in [1.82, 2.24) is 24.7 Å². The van der Waals surface area contributed by atoms with Gasteiger partial charge >= 0.3 is 0 Å². The summed E-state index contributed by atoms with van der Waals surface area (Å²) in [6.07, 6.45) is 4.08. The van der Waals surface area contributed by atoms with Crippen LogP contribution in [0.4, 0.5) is 0 Å². The van der Waals surface area contributed by atoms with Gasteiger partial charge in [-0.05, 0) is 38.0 Å².